The van der Waals surface area contributed by atoms with Crippen LogP contribution >= 0.6 is 0 Å². The molecule has 28 heavy (non-hydrogen) atoms. The highest BCUT2D eigenvalue weighted by molar-refractivity contribution is 5.34. The molecule has 7 atom stereocenters. The van der Waals surface area contributed by atoms with Gasteiger partial charge in [0.25, 0.3) is 0 Å². The first-order valence-electron chi connectivity index (χ1n) is 12.7. The van der Waals surface area contributed by atoms with Crippen LogP contribution in [0.2, 0.25) is 0 Å². The fraction of sp³-hybridized carbons (Fsp3) is 0.926. The quantitative estimate of drug-likeness (QED) is 0.484. The van der Waals surface area contributed by atoms with Crippen LogP contribution in [0.4, 0.5) is 0 Å². The monoisotopic (exact) mass is 386 g/mol. The number of aliphatic hydroxyl groups excluding tert-OH is 1. The van der Waals surface area contributed by atoms with Gasteiger partial charge in [0, 0.05) is 0 Å². The van der Waals surface area contributed by atoms with Crippen LogP contribution in [0.25, 0.3) is 0 Å². The van der Waals surface area contributed by atoms with Crippen LogP contribution in [0.1, 0.15) is 112 Å². The zero-order valence-electron chi connectivity index (χ0n) is 19.4. The first kappa shape index (κ1) is 21.0. The Morgan fingerprint density at radius 2 is 1.75 bits per heavy atom. The lowest BCUT2D eigenvalue weighted by atomic mass is 9.50. The maximum absolute atomic E-state index is 10.2. The lowest BCUT2D eigenvalue weighted by Gasteiger charge is -2.55. The molecule has 0 heterocycles. The van der Waals surface area contributed by atoms with Crippen LogP contribution in [0, 0.1) is 40.4 Å². The Labute approximate surface area is 174 Å². The molecule has 1 nitrogen and oxygen atoms in total. The second-order valence-corrected chi connectivity index (χ2v) is 12.1. The minimum Gasteiger partial charge on any atom is -0.393 e. The third kappa shape index (κ3) is 3.42. The molecule has 0 unspecified atom stereocenters. The normalized spacial score (nSPS) is 44.2. The summed E-state index contributed by atoms with van der Waals surface area (Å²) >= 11 is 0. The van der Waals surface area contributed by atoms with E-state index < -0.39 is 0 Å². The highest BCUT2D eigenvalue weighted by Crippen LogP contribution is 2.66. The fourth-order valence-electron chi connectivity index (χ4n) is 8.46. The van der Waals surface area contributed by atoms with Crippen molar-refractivity contribution < 1.29 is 5.11 Å². The van der Waals surface area contributed by atoms with Gasteiger partial charge in [-0.25, -0.2) is 0 Å². The number of hydrogen-bond acceptors (Lipinski definition) is 1. The third-order valence-electron chi connectivity index (χ3n) is 10.2. The Kier molecular flexibility index (Phi) is 5.80. The van der Waals surface area contributed by atoms with Gasteiger partial charge in [-0.15, -0.1) is 0 Å². The van der Waals surface area contributed by atoms with Crippen LogP contribution in [-0.2, 0) is 0 Å². The molecule has 0 aliphatic heterocycles. The van der Waals surface area contributed by atoms with E-state index >= 15 is 0 Å². The largest absolute Gasteiger partial charge is 0.393 e. The van der Waals surface area contributed by atoms with Gasteiger partial charge < -0.3 is 5.11 Å². The van der Waals surface area contributed by atoms with E-state index in [1.165, 1.54) is 64.2 Å². The molecule has 160 valence electrons. The summed E-state index contributed by atoms with van der Waals surface area (Å²) in [7, 11) is 0. The van der Waals surface area contributed by atoms with Crippen molar-refractivity contribution in [3.63, 3.8) is 0 Å². The van der Waals surface area contributed by atoms with E-state index in [0.717, 1.165) is 42.4 Å². The molecule has 0 aromatic rings. The van der Waals surface area contributed by atoms with E-state index in [0.29, 0.717) is 10.8 Å². The summed E-state index contributed by atoms with van der Waals surface area (Å²) in [4.78, 5) is 0. The van der Waals surface area contributed by atoms with Crippen LogP contribution in [0.15, 0.2) is 11.1 Å². The van der Waals surface area contributed by atoms with Crippen molar-refractivity contribution in [2.45, 2.75) is 118 Å². The van der Waals surface area contributed by atoms with Crippen LogP contribution in [-0.4, -0.2) is 11.2 Å². The third-order valence-corrected chi connectivity index (χ3v) is 10.2. The molecule has 0 spiro atoms. The smallest absolute Gasteiger partial charge is 0.0543 e. The Hall–Kier alpha value is -0.300. The zero-order valence-corrected chi connectivity index (χ0v) is 19.4. The Morgan fingerprint density at radius 3 is 2.50 bits per heavy atom. The molecular weight excluding hydrogens is 340 g/mol. The van der Waals surface area contributed by atoms with Gasteiger partial charge in [0.1, 0.15) is 0 Å². The van der Waals surface area contributed by atoms with Gasteiger partial charge in [0.05, 0.1) is 6.10 Å². The maximum Gasteiger partial charge on any atom is 0.0543 e. The predicted molar refractivity (Wildman–Crippen MR) is 119 cm³/mol. The van der Waals surface area contributed by atoms with Gasteiger partial charge in [0.2, 0.25) is 0 Å². The first-order chi connectivity index (χ1) is 13.3. The number of fused-ring (bicyclic) bond motifs is 4. The molecule has 0 radical (unpaired) electrons. The summed E-state index contributed by atoms with van der Waals surface area (Å²) < 4.78 is 0. The molecule has 4 aliphatic rings. The summed E-state index contributed by atoms with van der Waals surface area (Å²) in [5.74, 6) is 4.31. The van der Waals surface area contributed by atoms with E-state index in [2.05, 4.69) is 34.6 Å². The van der Waals surface area contributed by atoms with Crippen LogP contribution < -0.4 is 0 Å². The number of aliphatic hydroxyl groups is 1. The van der Waals surface area contributed by atoms with Gasteiger partial charge in [-0.3, -0.25) is 0 Å². The molecule has 0 aromatic heterocycles. The van der Waals surface area contributed by atoms with Crippen molar-refractivity contribution in [2.75, 3.05) is 0 Å². The maximum atomic E-state index is 10.2. The second kappa shape index (κ2) is 7.75. The predicted octanol–water partition coefficient (Wildman–Crippen LogP) is 7.53. The molecular formula is C27H46O. The van der Waals surface area contributed by atoms with Crippen molar-refractivity contribution in [1.29, 1.82) is 0 Å². The molecule has 2 fully saturated rings. The van der Waals surface area contributed by atoms with Gasteiger partial charge >= 0.3 is 0 Å². The average molecular weight is 387 g/mol. The van der Waals surface area contributed by atoms with Crippen molar-refractivity contribution in [2.24, 2.45) is 40.4 Å². The van der Waals surface area contributed by atoms with Gasteiger partial charge in [0.15, 0.2) is 0 Å². The van der Waals surface area contributed by atoms with E-state index in [1.807, 2.05) is 11.1 Å². The van der Waals surface area contributed by atoms with Crippen molar-refractivity contribution in [3.8, 4) is 0 Å². The molecule has 1 N–H and O–H groups in total. The summed E-state index contributed by atoms with van der Waals surface area (Å²) in [6.45, 7) is 12.6. The van der Waals surface area contributed by atoms with Crippen LogP contribution in [0.5, 0.6) is 0 Å². The molecule has 1 heteroatoms. The summed E-state index contributed by atoms with van der Waals surface area (Å²) in [5.41, 5.74) is 4.77. The summed E-state index contributed by atoms with van der Waals surface area (Å²) in [6.07, 6.45) is 16.0. The zero-order chi connectivity index (χ0) is 20.1. The topological polar surface area (TPSA) is 20.2 Å². The molecule has 0 amide bonds. The van der Waals surface area contributed by atoms with Gasteiger partial charge in [-0.1, -0.05) is 65.0 Å². The fourth-order valence-corrected chi connectivity index (χ4v) is 8.46. The standard InChI is InChI=1S/C27H46O/c1-18(2)7-6-8-19(3)23-11-12-24-22-10-9-20-17-21(28)13-15-26(20,4)25(22)14-16-27(23,24)5/h18-21,23-24,28H,6-17H2,1-5H3/t19-,20+,21+,23-,24-,26+,27-/m1/s1. The minimum atomic E-state index is -0.0309. The molecule has 0 saturated heterocycles. The molecule has 2 saturated carbocycles. The van der Waals surface area contributed by atoms with Crippen LogP contribution in [0.3, 0.4) is 0 Å². The lowest BCUT2D eigenvalue weighted by molar-refractivity contribution is 0.0132. The SMILES string of the molecule is CC(C)CCC[C@@H](C)[C@H]1CC[C@@H]2C3=C(CC[C@@]21C)[C@@]1(C)CC[C@H](O)C[C@@H]1CC3. The van der Waals surface area contributed by atoms with E-state index in [1.54, 1.807) is 0 Å². The number of rotatable bonds is 5. The Balaban J connectivity index is 1.52. The number of allylic oxidation sites excluding steroid dienone is 2. The van der Waals surface area contributed by atoms with E-state index in [-0.39, 0.29) is 6.10 Å². The van der Waals surface area contributed by atoms with E-state index in [4.69, 9.17) is 0 Å². The highest BCUT2D eigenvalue weighted by Gasteiger charge is 2.55. The minimum absolute atomic E-state index is 0.0309. The first-order valence-corrected chi connectivity index (χ1v) is 12.7. The molecule has 4 rings (SSSR count). The lowest BCUT2D eigenvalue weighted by Crippen LogP contribution is -2.45. The van der Waals surface area contributed by atoms with Crippen molar-refractivity contribution in [3.05, 3.63) is 11.1 Å². The Bertz CT molecular complexity index is 603. The van der Waals surface area contributed by atoms with Gasteiger partial charge in [-0.05, 0) is 98.2 Å². The summed E-state index contributed by atoms with van der Waals surface area (Å²) in [6, 6.07) is 0. The molecule has 0 bridgehead atoms. The van der Waals surface area contributed by atoms with Crippen molar-refractivity contribution in [1.82, 2.24) is 0 Å². The average Bonchev–Trinajstić information content (AvgIpc) is 2.99. The number of hydrogen-bond donors (Lipinski definition) is 1. The van der Waals surface area contributed by atoms with Gasteiger partial charge in [-0.2, -0.15) is 0 Å². The highest BCUT2D eigenvalue weighted by atomic mass is 16.3. The molecule has 0 aromatic carbocycles. The van der Waals surface area contributed by atoms with E-state index in [9.17, 15) is 5.11 Å². The Morgan fingerprint density at radius 1 is 0.964 bits per heavy atom. The second-order valence-electron chi connectivity index (χ2n) is 12.1. The van der Waals surface area contributed by atoms with Crippen molar-refractivity contribution >= 4 is 0 Å². The molecule has 4 aliphatic carbocycles. The summed E-state index contributed by atoms with van der Waals surface area (Å²) in [5, 5.41) is 10.2.